The molecular weight excluding hydrogens is 252 g/mol. The molecule has 0 atom stereocenters. The third-order valence-electron chi connectivity index (χ3n) is 3.71. The van der Waals surface area contributed by atoms with Gasteiger partial charge in [0.2, 0.25) is 5.88 Å². The van der Waals surface area contributed by atoms with Crippen molar-refractivity contribution < 1.29 is 4.74 Å². The second kappa shape index (κ2) is 5.63. The van der Waals surface area contributed by atoms with Crippen LogP contribution in [0.15, 0.2) is 18.5 Å². The highest BCUT2D eigenvalue weighted by atomic mass is 16.5. The summed E-state index contributed by atoms with van der Waals surface area (Å²) in [4.78, 5) is 4.68. The van der Waals surface area contributed by atoms with E-state index in [1.807, 2.05) is 17.8 Å². The molecule has 3 rings (SSSR count). The molecule has 0 aliphatic heterocycles. The molecule has 0 fully saturated rings. The number of hydrogen-bond donors (Lipinski definition) is 1. The van der Waals surface area contributed by atoms with Gasteiger partial charge in [0.05, 0.1) is 12.4 Å². The maximum atomic E-state index is 5.87. The zero-order chi connectivity index (χ0) is 13.9. The molecule has 2 aromatic rings. The van der Waals surface area contributed by atoms with Crippen LogP contribution in [0.3, 0.4) is 0 Å². The van der Waals surface area contributed by atoms with Gasteiger partial charge in [0.15, 0.2) is 5.75 Å². The summed E-state index contributed by atoms with van der Waals surface area (Å²) in [5.74, 6) is 1.34. The van der Waals surface area contributed by atoms with Crippen molar-refractivity contribution in [2.24, 2.45) is 5.73 Å². The van der Waals surface area contributed by atoms with Gasteiger partial charge < -0.3 is 10.5 Å². The molecule has 5 nitrogen and oxygen atoms in total. The number of pyridine rings is 1. The maximum Gasteiger partial charge on any atom is 0.224 e. The molecule has 106 valence electrons. The van der Waals surface area contributed by atoms with Crippen molar-refractivity contribution in [1.82, 2.24) is 14.8 Å². The van der Waals surface area contributed by atoms with Crippen molar-refractivity contribution >= 4 is 0 Å². The summed E-state index contributed by atoms with van der Waals surface area (Å²) in [5.41, 5.74) is 9.28. The minimum absolute atomic E-state index is 0.442. The molecule has 1 aliphatic carbocycles. The average Bonchev–Trinajstić information content (AvgIpc) is 2.94. The third kappa shape index (κ3) is 2.54. The van der Waals surface area contributed by atoms with Crippen LogP contribution in [0.1, 0.15) is 36.6 Å². The number of nitrogens with two attached hydrogens (primary N) is 1. The minimum atomic E-state index is 0.442. The molecule has 0 spiro atoms. The van der Waals surface area contributed by atoms with Crippen LogP contribution in [0.25, 0.3) is 0 Å². The van der Waals surface area contributed by atoms with Gasteiger partial charge >= 0.3 is 0 Å². The fraction of sp³-hybridized carbons (Fsp3) is 0.467. The van der Waals surface area contributed by atoms with Crippen LogP contribution in [0.5, 0.6) is 11.6 Å². The number of fused-ring (bicyclic) bond motifs is 1. The van der Waals surface area contributed by atoms with Crippen LogP contribution in [0, 0.1) is 0 Å². The molecule has 0 saturated carbocycles. The molecule has 2 aromatic heterocycles. The van der Waals surface area contributed by atoms with E-state index in [1.165, 1.54) is 18.4 Å². The summed E-state index contributed by atoms with van der Waals surface area (Å²) < 4.78 is 7.70. The molecule has 2 N–H and O–H groups in total. The molecule has 2 heterocycles. The predicted octanol–water partition coefficient (Wildman–Crippen LogP) is 2.43. The van der Waals surface area contributed by atoms with Crippen molar-refractivity contribution in [3.8, 4) is 11.6 Å². The second-order valence-corrected chi connectivity index (χ2v) is 5.10. The molecule has 0 radical (unpaired) electrons. The monoisotopic (exact) mass is 272 g/mol. The summed E-state index contributed by atoms with van der Waals surface area (Å²) >= 11 is 0. The number of aryl methyl sites for hydroxylation is 3. The number of ether oxygens (including phenoxy) is 1. The summed E-state index contributed by atoms with van der Waals surface area (Å²) in [5, 5.41) is 4.21. The Balaban J connectivity index is 1.91. The Hall–Kier alpha value is -1.88. The predicted molar refractivity (Wildman–Crippen MR) is 76.7 cm³/mol. The first-order valence-electron chi connectivity index (χ1n) is 7.22. The zero-order valence-corrected chi connectivity index (χ0v) is 11.8. The van der Waals surface area contributed by atoms with E-state index in [-0.39, 0.29) is 0 Å². The molecule has 0 unspecified atom stereocenters. The summed E-state index contributed by atoms with van der Waals surface area (Å²) in [6.45, 7) is 3.31. The van der Waals surface area contributed by atoms with Crippen molar-refractivity contribution in [3.05, 3.63) is 35.3 Å². The average molecular weight is 272 g/mol. The lowest BCUT2D eigenvalue weighted by Gasteiger charge is -2.17. The first-order chi connectivity index (χ1) is 9.80. The van der Waals surface area contributed by atoms with E-state index >= 15 is 0 Å². The fourth-order valence-corrected chi connectivity index (χ4v) is 2.58. The van der Waals surface area contributed by atoms with Crippen LogP contribution < -0.4 is 10.5 Å². The van der Waals surface area contributed by atoms with Crippen LogP contribution in [-0.2, 0) is 25.9 Å². The Bertz CT molecular complexity index is 606. The van der Waals surface area contributed by atoms with Gasteiger partial charge in [-0.1, -0.05) is 0 Å². The second-order valence-electron chi connectivity index (χ2n) is 5.10. The van der Waals surface area contributed by atoms with Gasteiger partial charge in [0, 0.05) is 24.3 Å². The van der Waals surface area contributed by atoms with Gasteiger partial charge in [-0.05, 0) is 44.2 Å². The molecule has 0 bridgehead atoms. The highest BCUT2D eigenvalue weighted by Crippen LogP contribution is 2.28. The highest BCUT2D eigenvalue weighted by molar-refractivity contribution is 5.37. The molecule has 1 aliphatic rings. The summed E-state index contributed by atoms with van der Waals surface area (Å²) in [6.07, 6.45) is 8.16. The Morgan fingerprint density at radius 3 is 2.95 bits per heavy atom. The van der Waals surface area contributed by atoms with Crippen LogP contribution in [0.4, 0.5) is 0 Å². The molecule has 0 amide bonds. The van der Waals surface area contributed by atoms with Gasteiger partial charge in [-0.2, -0.15) is 5.10 Å². The molecule has 20 heavy (non-hydrogen) atoms. The van der Waals surface area contributed by atoms with Crippen molar-refractivity contribution in [2.45, 2.75) is 45.7 Å². The lowest BCUT2D eigenvalue weighted by atomic mass is 9.95. The first-order valence-corrected chi connectivity index (χ1v) is 7.22. The number of aromatic nitrogens is 3. The van der Waals surface area contributed by atoms with Crippen molar-refractivity contribution in [2.75, 3.05) is 0 Å². The smallest absolute Gasteiger partial charge is 0.224 e. The van der Waals surface area contributed by atoms with Crippen molar-refractivity contribution in [1.29, 1.82) is 0 Å². The topological polar surface area (TPSA) is 66.0 Å². The lowest BCUT2D eigenvalue weighted by Crippen LogP contribution is -2.10. The van der Waals surface area contributed by atoms with E-state index in [4.69, 9.17) is 10.5 Å². The molecule has 5 heteroatoms. The van der Waals surface area contributed by atoms with Crippen LogP contribution in [-0.4, -0.2) is 14.8 Å². The first kappa shape index (κ1) is 13.1. The standard InChI is InChI=1S/C15H20N4O/c1-2-19-10-13(9-17-19)20-15-12(8-16)7-11-5-3-4-6-14(11)18-15/h7,9-10H,2-6,8,16H2,1H3. The van der Waals surface area contributed by atoms with Gasteiger partial charge in [0.25, 0.3) is 0 Å². The van der Waals surface area contributed by atoms with Crippen LogP contribution in [0.2, 0.25) is 0 Å². The van der Waals surface area contributed by atoms with E-state index in [2.05, 4.69) is 16.1 Å². The van der Waals surface area contributed by atoms with Crippen molar-refractivity contribution in [3.63, 3.8) is 0 Å². The minimum Gasteiger partial charge on any atom is -0.435 e. The highest BCUT2D eigenvalue weighted by Gasteiger charge is 2.16. The van der Waals surface area contributed by atoms with E-state index < -0.39 is 0 Å². The Morgan fingerprint density at radius 1 is 1.35 bits per heavy atom. The van der Waals surface area contributed by atoms with Crippen LogP contribution >= 0.6 is 0 Å². The Morgan fingerprint density at radius 2 is 2.20 bits per heavy atom. The Labute approximate surface area is 118 Å². The Kier molecular flexibility index (Phi) is 3.69. The normalized spacial score (nSPS) is 14.1. The molecular formula is C15H20N4O. The molecule has 0 aromatic carbocycles. The zero-order valence-electron chi connectivity index (χ0n) is 11.8. The largest absolute Gasteiger partial charge is 0.435 e. The number of hydrogen-bond acceptors (Lipinski definition) is 4. The van der Waals surface area contributed by atoms with E-state index in [9.17, 15) is 0 Å². The lowest BCUT2D eigenvalue weighted by molar-refractivity contribution is 0.450. The summed E-state index contributed by atoms with van der Waals surface area (Å²) in [6, 6.07) is 2.15. The number of rotatable bonds is 4. The summed E-state index contributed by atoms with van der Waals surface area (Å²) in [7, 11) is 0. The SMILES string of the molecule is CCn1cc(Oc2nc3c(cc2CN)CCCC3)cn1. The maximum absolute atomic E-state index is 5.87. The van der Waals surface area contributed by atoms with Gasteiger partial charge in [-0.25, -0.2) is 4.98 Å². The van der Waals surface area contributed by atoms with E-state index in [1.54, 1.807) is 6.20 Å². The quantitative estimate of drug-likeness (QED) is 0.928. The van der Waals surface area contributed by atoms with Gasteiger partial charge in [0.1, 0.15) is 0 Å². The van der Waals surface area contributed by atoms with Gasteiger partial charge in [-0.3, -0.25) is 4.68 Å². The van der Waals surface area contributed by atoms with Gasteiger partial charge in [-0.15, -0.1) is 0 Å². The molecule has 0 saturated heterocycles. The van der Waals surface area contributed by atoms with E-state index in [0.29, 0.717) is 18.2 Å². The van der Waals surface area contributed by atoms with E-state index in [0.717, 1.165) is 30.6 Å². The number of nitrogens with zero attached hydrogens (tertiary/aromatic N) is 3. The third-order valence-corrected chi connectivity index (χ3v) is 3.71. The fourth-order valence-electron chi connectivity index (χ4n) is 2.58.